The van der Waals surface area contributed by atoms with Gasteiger partial charge in [-0.05, 0) is 54.9 Å². The number of nitro groups is 1. The topological polar surface area (TPSA) is 160 Å². The van der Waals surface area contributed by atoms with E-state index in [1.807, 2.05) is 0 Å². The summed E-state index contributed by atoms with van der Waals surface area (Å²) in [5.41, 5.74) is 0.998. The SMILES string of the molecule is C[C@H](C(=O)O)N1C(=O)[C@@H]2[C@@H]3C[C@H]([C@H]4Sc5[nH]c(=O)sc5[C@@H](c5cc([N+](=O)[O-])ccc5OCc5ccc(F)cc5)[C@H]34)[C@@H]2C1=O. The molecule has 0 unspecified atom stereocenters. The summed E-state index contributed by atoms with van der Waals surface area (Å²) in [5, 5.41) is 21.9. The largest absolute Gasteiger partial charge is 0.489 e. The molecule has 2 saturated carbocycles. The van der Waals surface area contributed by atoms with Crippen LogP contribution < -0.4 is 9.61 Å². The van der Waals surface area contributed by atoms with Gasteiger partial charge in [-0.1, -0.05) is 23.5 Å². The van der Waals surface area contributed by atoms with Gasteiger partial charge < -0.3 is 14.8 Å². The second-order valence-electron chi connectivity index (χ2n) is 11.4. The zero-order chi connectivity index (χ0) is 30.3. The number of carbonyl (C=O) groups excluding carboxylic acids is 2. The number of ether oxygens (including phenoxy) is 1. The van der Waals surface area contributed by atoms with Crippen LogP contribution in [0, 0.1) is 45.5 Å². The van der Waals surface area contributed by atoms with Gasteiger partial charge in [0.15, 0.2) is 0 Å². The fourth-order valence-corrected chi connectivity index (χ4v) is 10.5. The number of hydrogen-bond donors (Lipinski definition) is 2. The molecule has 7 rings (SSSR count). The van der Waals surface area contributed by atoms with E-state index in [0.717, 1.165) is 16.2 Å². The molecule has 1 aromatic heterocycles. The van der Waals surface area contributed by atoms with Crippen molar-refractivity contribution in [3.63, 3.8) is 0 Å². The number of benzene rings is 2. The highest BCUT2D eigenvalue weighted by molar-refractivity contribution is 8.00. The van der Waals surface area contributed by atoms with Gasteiger partial charge in [0.05, 0.1) is 21.8 Å². The highest BCUT2D eigenvalue weighted by atomic mass is 32.2. The van der Waals surface area contributed by atoms with Crippen LogP contribution in [0.3, 0.4) is 0 Å². The molecule has 2 bridgehead atoms. The van der Waals surface area contributed by atoms with E-state index in [0.29, 0.717) is 33.2 Å². The molecule has 2 aliphatic heterocycles. The van der Waals surface area contributed by atoms with Crippen molar-refractivity contribution < 1.29 is 33.5 Å². The molecule has 2 aliphatic carbocycles. The van der Waals surface area contributed by atoms with Crippen LogP contribution in [-0.4, -0.2) is 49.0 Å². The van der Waals surface area contributed by atoms with Crippen LogP contribution in [0.2, 0.25) is 0 Å². The number of aromatic amines is 1. The van der Waals surface area contributed by atoms with Crippen molar-refractivity contribution in [2.24, 2.45) is 29.6 Å². The Bertz CT molecular complexity index is 1760. The number of amides is 2. The first-order chi connectivity index (χ1) is 20.5. The Morgan fingerprint density at radius 1 is 1.16 bits per heavy atom. The number of carbonyl (C=O) groups is 3. The lowest BCUT2D eigenvalue weighted by Gasteiger charge is -2.43. The van der Waals surface area contributed by atoms with Crippen molar-refractivity contribution in [3.8, 4) is 5.75 Å². The van der Waals surface area contributed by atoms with E-state index in [9.17, 15) is 38.8 Å². The summed E-state index contributed by atoms with van der Waals surface area (Å²) in [5.74, 6) is -5.03. The van der Waals surface area contributed by atoms with E-state index in [-0.39, 0.29) is 40.2 Å². The number of nitro benzene ring substituents is 1. The van der Waals surface area contributed by atoms with Gasteiger partial charge >= 0.3 is 10.8 Å². The number of carboxylic acids is 1. The van der Waals surface area contributed by atoms with Gasteiger partial charge in [-0.2, -0.15) is 0 Å². The van der Waals surface area contributed by atoms with Crippen molar-refractivity contribution in [1.82, 2.24) is 9.88 Å². The number of halogens is 1. The van der Waals surface area contributed by atoms with E-state index in [1.54, 1.807) is 12.1 Å². The van der Waals surface area contributed by atoms with Gasteiger partial charge in [-0.15, -0.1) is 11.8 Å². The highest BCUT2D eigenvalue weighted by Crippen LogP contribution is 2.69. The molecule has 2 amide bonds. The van der Waals surface area contributed by atoms with Crippen molar-refractivity contribution in [2.75, 3.05) is 0 Å². The third-order valence-corrected chi connectivity index (χ3v) is 11.9. The number of aliphatic carboxylic acids is 1. The van der Waals surface area contributed by atoms with Crippen LogP contribution in [0.5, 0.6) is 5.75 Å². The van der Waals surface area contributed by atoms with Gasteiger partial charge in [0, 0.05) is 33.7 Å². The third kappa shape index (κ3) is 4.21. The van der Waals surface area contributed by atoms with Crippen LogP contribution in [0.15, 0.2) is 52.3 Å². The number of fused-ring (bicyclic) bond motifs is 9. The number of nitrogens with zero attached hydrogens (tertiary/aromatic N) is 2. The summed E-state index contributed by atoms with van der Waals surface area (Å²) in [6.07, 6.45) is 0.570. The average molecular weight is 626 g/mol. The lowest BCUT2D eigenvalue weighted by Crippen LogP contribution is -2.44. The number of non-ortho nitro benzene ring substituents is 1. The molecule has 3 aromatic rings. The summed E-state index contributed by atoms with van der Waals surface area (Å²) in [6.45, 7) is 1.38. The van der Waals surface area contributed by atoms with Crippen LogP contribution in [0.1, 0.15) is 35.3 Å². The number of thioether (sulfide) groups is 1. The minimum Gasteiger partial charge on any atom is -0.489 e. The van der Waals surface area contributed by atoms with Crippen LogP contribution >= 0.6 is 23.1 Å². The van der Waals surface area contributed by atoms with Crippen molar-refractivity contribution in [1.29, 1.82) is 0 Å². The molecule has 0 spiro atoms. The number of aromatic nitrogens is 1. The fourth-order valence-electron chi connectivity index (χ4n) is 7.65. The van der Waals surface area contributed by atoms with E-state index >= 15 is 0 Å². The monoisotopic (exact) mass is 625 g/mol. The fraction of sp³-hybridized carbons (Fsp3) is 0.379. The smallest absolute Gasteiger partial charge is 0.326 e. The molecule has 43 heavy (non-hydrogen) atoms. The summed E-state index contributed by atoms with van der Waals surface area (Å²) in [6, 6.07) is 8.76. The molecule has 1 saturated heterocycles. The van der Waals surface area contributed by atoms with Crippen LogP contribution in [-0.2, 0) is 21.0 Å². The standard InChI is InChI=1S/C29H24FN3O8S2/c1-11(28(36)37)32-26(34)21-16-9-17(22(21)27(32)35)23-20(16)19(24-25(42-23)31-29(38)43-24)15-8-14(33(39)40)6-7-18(15)41-10-12-2-4-13(30)5-3-12/h2-8,11,16-17,19-23H,9-10H2,1H3,(H,31,38)(H,36,37)/t11-,16-,17+,19+,20+,21-,22+,23-/m1/s1. The zero-order valence-corrected chi connectivity index (χ0v) is 24.1. The number of thiazole rings is 1. The first-order valence-electron chi connectivity index (χ1n) is 13.7. The predicted octanol–water partition coefficient (Wildman–Crippen LogP) is 4.01. The Morgan fingerprint density at radius 3 is 2.53 bits per heavy atom. The summed E-state index contributed by atoms with van der Waals surface area (Å²) < 4.78 is 19.6. The predicted molar refractivity (Wildman–Crippen MR) is 151 cm³/mol. The number of carboxylic acid groups (broad SMARTS) is 1. The zero-order valence-electron chi connectivity index (χ0n) is 22.5. The maximum Gasteiger partial charge on any atom is 0.326 e. The molecule has 4 aliphatic rings. The maximum atomic E-state index is 13.6. The van der Waals surface area contributed by atoms with Crippen LogP contribution in [0.4, 0.5) is 10.1 Å². The third-order valence-electron chi connectivity index (χ3n) is 9.35. The first-order valence-corrected chi connectivity index (χ1v) is 15.4. The summed E-state index contributed by atoms with van der Waals surface area (Å²) in [7, 11) is 0. The molecule has 222 valence electrons. The second kappa shape index (κ2) is 10.0. The lowest BCUT2D eigenvalue weighted by atomic mass is 9.68. The van der Waals surface area contributed by atoms with E-state index in [2.05, 4.69) is 4.98 Å². The molecule has 2 aromatic carbocycles. The van der Waals surface area contributed by atoms with Crippen LogP contribution in [0.25, 0.3) is 0 Å². The molecule has 3 fully saturated rings. The molecular formula is C29H24FN3O8S2. The number of nitrogens with one attached hydrogen (secondary N) is 1. The Kier molecular flexibility index (Phi) is 6.47. The molecule has 3 heterocycles. The number of H-pyrrole nitrogens is 1. The van der Waals surface area contributed by atoms with Gasteiger partial charge in [-0.3, -0.25) is 29.4 Å². The quantitative estimate of drug-likeness (QED) is 0.225. The number of rotatable bonds is 7. The summed E-state index contributed by atoms with van der Waals surface area (Å²) in [4.78, 5) is 67.0. The molecule has 8 atom stereocenters. The minimum atomic E-state index is -1.29. The first kappa shape index (κ1) is 27.8. The Hall–Kier alpha value is -4.04. The normalized spacial score (nSPS) is 29.3. The molecular weight excluding hydrogens is 601 g/mol. The van der Waals surface area contributed by atoms with Gasteiger partial charge in [0.2, 0.25) is 11.8 Å². The Balaban J connectivity index is 1.33. The number of hydrogen-bond acceptors (Lipinski definition) is 9. The van der Waals surface area contributed by atoms with Crippen molar-refractivity contribution in [2.45, 2.75) is 42.2 Å². The highest BCUT2D eigenvalue weighted by Gasteiger charge is 2.70. The summed E-state index contributed by atoms with van der Waals surface area (Å²) >= 11 is 2.46. The van der Waals surface area contributed by atoms with Gasteiger partial charge in [0.25, 0.3) is 5.69 Å². The number of likely N-dealkylation sites (tertiary alicyclic amines) is 1. The van der Waals surface area contributed by atoms with Gasteiger partial charge in [-0.25, -0.2) is 9.18 Å². The molecule has 0 radical (unpaired) electrons. The average Bonchev–Trinajstić information content (AvgIpc) is 3.71. The van der Waals surface area contributed by atoms with Gasteiger partial charge in [0.1, 0.15) is 24.2 Å². The van der Waals surface area contributed by atoms with Crippen molar-refractivity contribution >= 4 is 46.6 Å². The number of imide groups is 1. The van der Waals surface area contributed by atoms with E-state index in [1.165, 1.54) is 49.0 Å². The Morgan fingerprint density at radius 2 is 1.86 bits per heavy atom. The van der Waals surface area contributed by atoms with E-state index < -0.39 is 52.3 Å². The lowest BCUT2D eigenvalue weighted by molar-refractivity contribution is -0.385. The minimum absolute atomic E-state index is 0.0582. The van der Waals surface area contributed by atoms with Crippen molar-refractivity contribution in [3.05, 3.63) is 84.1 Å². The Labute approximate surface area is 251 Å². The molecule has 11 nitrogen and oxygen atoms in total. The van der Waals surface area contributed by atoms with E-state index in [4.69, 9.17) is 4.74 Å². The molecule has 14 heteroatoms. The maximum absolute atomic E-state index is 13.6. The molecule has 2 N–H and O–H groups in total. The second-order valence-corrected chi connectivity index (χ2v) is 13.6.